The molecule has 0 radical (unpaired) electrons. The highest BCUT2D eigenvalue weighted by molar-refractivity contribution is 7.15. The molecule has 26 heavy (non-hydrogen) atoms. The van der Waals surface area contributed by atoms with E-state index in [-0.39, 0.29) is 11.4 Å². The van der Waals surface area contributed by atoms with Gasteiger partial charge in [0, 0.05) is 25.7 Å². The van der Waals surface area contributed by atoms with Gasteiger partial charge in [0.25, 0.3) is 5.56 Å². The zero-order valence-electron chi connectivity index (χ0n) is 14.8. The van der Waals surface area contributed by atoms with Crippen LogP contribution in [0.3, 0.4) is 0 Å². The van der Waals surface area contributed by atoms with Crippen LogP contribution in [0.25, 0.3) is 10.9 Å². The molecule has 1 aliphatic rings. The summed E-state index contributed by atoms with van der Waals surface area (Å²) in [5.41, 5.74) is 0.333. The van der Waals surface area contributed by atoms with Crippen molar-refractivity contribution < 1.29 is 4.39 Å². The van der Waals surface area contributed by atoms with Crippen molar-refractivity contribution in [2.75, 3.05) is 18.0 Å². The Morgan fingerprint density at radius 1 is 1.23 bits per heavy atom. The average molecular weight is 373 g/mol. The minimum atomic E-state index is -0.374. The third-order valence-electron chi connectivity index (χ3n) is 4.95. The Kier molecular flexibility index (Phi) is 4.44. The Hall–Kier alpha value is -2.35. The van der Waals surface area contributed by atoms with E-state index in [4.69, 9.17) is 0 Å². The van der Waals surface area contributed by atoms with Gasteiger partial charge in [-0.1, -0.05) is 11.3 Å². The Labute approximate surface area is 154 Å². The predicted molar refractivity (Wildman–Crippen MR) is 100 cm³/mol. The number of benzene rings is 1. The van der Waals surface area contributed by atoms with E-state index in [1.807, 2.05) is 13.8 Å². The number of hydrogen-bond donors (Lipinski definition) is 0. The lowest BCUT2D eigenvalue weighted by Crippen LogP contribution is -2.37. The molecule has 1 saturated heterocycles. The van der Waals surface area contributed by atoms with Gasteiger partial charge < -0.3 is 4.90 Å². The molecular weight excluding hydrogens is 353 g/mol. The first-order valence-corrected chi connectivity index (χ1v) is 9.54. The molecule has 8 heteroatoms. The first-order chi connectivity index (χ1) is 12.5. The van der Waals surface area contributed by atoms with Crippen LogP contribution in [-0.4, -0.2) is 32.8 Å². The van der Waals surface area contributed by atoms with E-state index < -0.39 is 0 Å². The summed E-state index contributed by atoms with van der Waals surface area (Å²) in [5.74, 6) is 0.674. The molecule has 2 aromatic heterocycles. The van der Waals surface area contributed by atoms with E-state index in [2.05, 4.69) is 20.1 Å². The Morgan fingerprint density at radius 3 is 2.69 bits per heavy atom. The number of piperidine rings is 1. The quantitative estimate of drug-likeness (QED) is 0.706. The van der Waals surface area contributed by atoms with Crippen LogP contribution in [0, 0.1) is 25.6 Å². The lowest BCUT2D eigenvalue weighted by molar-refractivity contribution is 0.348. The van der Waals surface area contributed by atoms with E-state index in [9.17, 15) is 9.18 Å². The van der Waals surface area contributed by atoms with Crippen molar-refractivity contribution >= 4 is 27.4 Å². The molecule has 3 aromatic rings. The maximum absolute atomic E-state index is 13.4. The highest BCUT2D eigenvalue weighted by Crippen LogP contribution is 2.26. The van der Waals surface area contributed by atoms with Gasteiger partial charge in [-0.15, -0.1) is 10.2 Å². The van der Waals surface area contributed by atoms with Crippen molar-refractivity contribution in [3.05, 3.63) is 45.2 Å². The number of rotatable bonds is 3. The Balaban J connectivity index is 1.51. The summed E-state index contributed by atoms with van der Waals surface area (Å²) in [5, 5.41) is 10.7. The lowest BCUT2D eigenvalue weighted by atomic mass is 9.97. The summed E-state index contributed by atoms with van der Waals surface area (Å²) in [6.07, 6.45) is 1.98. The molecule has 1 aromatic carbocycles. The molecule has 1 fully saturated rings. The summed E-state index contributed by atoms with van der Waals surface area (Å²) in [6, 6.07) is 4.15. The van der Waals surface area contributed by atoms with Crippen LogP contribution in [0.4, 0.5) is 9.52 Å². The van der Waals surface area contributed by atoms with Gasteiger partial charge in [-0.2, -0.15) is 0 Å². The maximum atomic E-state index is 13.4. The maximum Gasteiger partial charge on any atom is 0.261 e. The topological polar surface area (TPSA) is 63.9 Å². The van der Waals surface area contributed by atoms with E-state index in [0.717, 1.165) is 36.1 Å². The van der Waals surface area contributed by atoms with Crippen LogP contribution >= 0.6 is 11.3 Å². The summed E-state index contributed by atoms with van der Waals surface area (Å²) in [6.45, 7) is 6.25. The van der Waals surface area contributed by atoms with Gasteiger partial charge in [-0.05, 0) is 44.7 Å². The number of anilines is 1. The van der Waals surface area contributed by atoms with E-state index in [0.29, 0.717) is 29.2 Å². The number of hydrogen-bond acceptors (Lipinski definition) is 6. The summed E-state index contributed by atoms with van der Waals surface area (Å²) < 4.78 is 15.1. The van der Waals surface area contributed by atoms with Crippen LogP contribution in [-0.2, 0) is 6.54 Å². The van der Waals surface area contributed by atoms with Crippen LogP contribution in [0.5, 0.6) is 0 Å². The molecular formula is C18H20FN5OS. The Bertz CT molecular complexity index is 1010. The summed E-state index contributed by atoms with van der Waals surface area (Å²) >= 11 is 1.61. The number of aromatic nitrogens is 4. The monoisotopic (exact) mass is 373 g/mol. The first-order valence-electron chi connectivity index (χ1n) is 8.73. The molecule has 0 N–H and O–H groups in total. The molecule has 0 unspecified atom stereocenters. The molecule has 0 saturated carbocycles. The molecule has 136 valence electrons. The number of halogens is 1. The second kappa shape index (κ2) is 6.75. The molecule has 1 aliphatic heterocycles. The summed E-state index contributed by atoms with van der Waals surface area (Å²) in [4.78, 5) is 19.5. The number of fused-ring (bicyclic) bond motifs is 1. The molecule has 0 spiro atoms. The SMILES string of the molecule is Cc1nnc(N2CCC(Cn3c(C)nc4cc(F)ccc4c3=O)CC2)s1. The van der Waals surface area contributed by atoms with Crippen molar-refractivity contribution in [2.45, 2.75) is 33.2 Å². The molecule has 0 atom stereocenters. The standard InChI is InChI=1S/C18H20FN5OS/c1-11-20-16-9-14(19)3-4-15(16)17(25)24(11)10-13-5-7-23(8-6-13)18-22-21-12(2)26-18/h3-4,9,13H,5-8,10H2,1-2H3. The van der Waals surface area contributed by atoms with Crippen molar-refractivity contribution in [2.24, 2.45) is 5.92 Å². The van der Waals surface area contributed by atoms with Gasteiger partial charge in [0.1, 0.15) is 16.6 Å². The highest BCUT2D eigenvalue weighted by Gasteiger charge is 2.23. The fourth-order valence-corrected chi connectivity index (χ4v) is 4.24. The normalized spacial score (nSPS) is 15.7. The molecule has 0 bridgehead atoms. The van der Waals surface area contributed by atoms with Crippen LogP contribution in [0.1, 0.15) is 23.7 Å². The smallest absolute Gasteiger partial charge is 0.261 e. The average Bonchev–Trinajstić information content (AvgIpc) is 3.05. The van der Waals surface area contributed by atoms with Crippen LogP contribution in [0.2, 0.25) is 0 Å². The fraction of sp³-hybridized carbons (Fsp3) is 0.444. The molecule has 3 heterocycles. The van der Waals surface area contributed by atoms with E-state index in [1.165, 1.54) is 18.2 Å². The minimum Gasteiger partial charge on any atom is -0.347 e. The number of nitrogens with zero attached hydrogens (tertiary/aromatic N) is 5. The molecule has 6 nitrogen and oxygen atoms in total. The molecule has 4 rings (SSSR count). The molecule has 0 aliphatic carbocycles. The second-order valence-corrected chi connectivity index (χ2v) is 7.93. The predicted octanol–water partition coefficient (Wildman–Crippen LogP) is 2.92. The highest BCUT2D eigenvalue weighted by atomic mass is 32.1. The van der Waals surface area contributed by atoms with Crippen molar-refractivity contribution in [3.8, 4) is 0 Å². The third-order valence-corrected chi connectivity index (χ3v) is 5.85. The lowest BCUT2D eigenvalue weighted by Gasteiger charge is -2.31. The second-order valence-electron chi connectivity index (χ2n) is 6.77. The zero-order chi connectivity index (χ0) is 18.3. The van der Waals surface area contributed by atoms with E-state index in [1.54, 1.807) is 15.9 Å². The van der Waals surface area contributed by atoms with Crippen molar-refractivity contribution in [1.29, 1.82) is 0 Å². The van der Waals surface area contributed by atoms with Gasteiger partial charge in [-0.3, -0.25) is 9.36 Å². The minimum absolute atomic E-state index is 0.0883. The first kappa shape index (κ1) is 17.1. The van der Waals surface area contributed by atoms with Gasteiger partial charge in [0.05, 0.1) is 10.9 Å². The van der Waals surface area contributed by atoms with Crippen LogP contribution < -0.4 is 10.5 Å². The van der Waals surface area contributed by atoms with Crippen molar-refractivity contribution in [1.82, 2.24) is 19.7 Å². The van der Waals surface area contributed by atoms with Crippen LogP contribution in [0.15, 0.2) is 23.0 Å². The van der Waals surface area contributed by atoms with Gasteiger partial charge in [0.2, 0.25) is 5.13 Å². The third kappa shape index (κ3) is 3.21. The molecule has 0 amide bonds. The summed E-state index contributed by atoms with van der Waals surface area (Å²) in [7, 11) is 0. The van der Waals surface area contributed by atoms with Gasteiger partial charge in [-0.25, -0.2) is 9.37 Å². The zero-order valence-corrected chi connectivity index (χ0v) is 15.6. The fourth-order valence-electron chi connectivity index (χ4n) is 3.50. The Morgan fingerprint density at radius 2 is 2.00 bits per heavy atom. The van der Waals surface area contributed by atoms with Gasteiger partial charge >= 0.3 is 0 Å². The van der Waals surface area contributed by atoms with Gasteiger partial charge in [0.15, 0.2) is 0 Å². The van der Waals surface area contributed by atoms with E-state index >= 15 is 0 Å². The van der Waals surface area contributed by atoms with Crippen molar-refractivity contribution in [3.63, 3.8) is 0 Å². The number of aryl methyl sites for hydroxylation is 2. The largest absolute Gasteiger partial charge is 0.347 e.